The van der Waals surface area contributed by atoms with E-state index in [-0.39, 0.29) is 23.8 Å². The van der Waals surface area contributed by atoms with Crippen molar-refractivity contribution in [1.82, 2.24) is 24.0 Å². The summed E-state index contributed by atoms with van der Waals surface area (Å²) in [7, 11) is 3.04. The number of aryl methyl sites for hydroxylation is 2. The van der Waals surface area contributed by atoms with Crippen molar-refractivity contribution in [3.05, 3.63) is 44.6 Å². The number of rotatable bonds is 8. The fraction of sp³-hybridized carbons (Fsp3) is 0.455. The molecule has 4 rings (SSSR count). The normalized spacial score (nSPS) is 14.1. The molecule has 0 radical (unpaired) electrons. The summed E-state index contributed by atoms with van der Waals surface area (Å²) in [5.41, 5.74) is 0.158. The zero-order valence-corrected chi connectivity index (χ0v) is 19.2. The van der Waals surface area contributed by atoms with Gasteiger partial charge in [0.1, 0.15) is 0 Å². The molecule has 3 N–H and O–H groups in total. The van der Waals surface area contributed by atoms with Gasteiger partial charge in [0.25, 0.3) is 5.56 Å². The molecule has 0 bridgehead atoms. The van der Waals surface area contributed by atoms with Crippen LogP contribution in [0.4, 0.5) is 5.95 Å². The summed E-state index contributed by atoms with van der Waals surface area (Å²) in [6.45, 7) is 3.37. The van der Waals surface area contributed by atoms with Crippen molar-refractivity contribution in [2.45, 2.75) is 13.0 Å². The van der Waals surface area contributed by atoms with Crippen LogP contribution in [-0.2, 0) is 25.4 Å². The summed E-state index contributed by atoms with van der Waals surface area (Å²) in [5, 5.41) is 22.0. The summed E-state index contributed by atoms with van der Waals surface area (Å²) in [6, 6.07) is 3.95. The van der Waals surface area contributed by atoms with E-state index in [0.29, 0.717) is 68.5 Å². The highest BCUT2D eigenvalue weighted by Crippen LogP contribution is 2.25. The van der Waals surface area contributed by atoms with Crippen LogP contribution in [0.2, 0.25) is 0 Å². The van der Waals surface area contributed by atoms with Crippen LogP contribution in [-0.4, -0.2) is 74.1 Å². The number of nitrogens with one attached hydrogen (secondary N) is 1. The van der Waals surface area contributed by atoms with Gasteiger partial charge in [0.15, 0.2) is 28.4 Å². The van der Waals surface area contributed by atoms with Crippen molar-refractivity contribution in [3.63, 3.8) is 0 Å². The molecule has 2 aromatic heterocycles. The first-order valence-electron chi connectivity index (χ1n) is 11.0. The maximum atomic E-state index is 13.0. The third kappa shape index (κ3) is 4.41. The Morgan fingerprint density at radius 2 is 1.85 bits per heavy atom. The highest BCUT2D eigenvalue weighted by molar-refractivity contribution is 5.98. The van der Waals surface area contributed by atoms with Crippen LogP contribution in [0.15, 0.2) is 27.8 Å². The molecule has 1 aromatic carbocycles. The number of phenolic OH excluding ortho intramolecular Hbond substituents is 2. The molecule has 34 heavy (non-hydrogen) atoms. The van der Waals surface area contributed by atoms with E-state index in [1.54, 1.807) is 7.05 Å². The molecular formula is C22H28N6O6. The number of ether oxygens (including phenoxy) is 1. The third-order valence-electron chi connectivity index (χ3n) is 5.94. The van der Waals surface area contributed by atoms with E-state index in [1.165, 1.54) is 29.8 Å². The second kappa shape index (κ2) is 9.69. The predicted octanol–water partition coefficient (Wildman–Crippen LogP) is -0.456. The fourth-order valence-corrected chi connectivity index (χ4v) is 4.01. The first-order chi connectivity index (χ1) is 16.3. The molecule has 0 amide bonds. The summed E-state index contributed by atoms with van der Waals surface area (Å²) in [6.07, 6.45) is 0.600. The van der Waals surface area contributed by atoms with E-state index in [0.717, 1.165) is 4.57 Å². The van der Waals surface area contributed by atoms with Gasteiger partial charge in [-0.25, -0.2) is 4.79 Å². The van der Waals surface area contributed by atoms with E-state index in [1.807, 2.05) is 9.47 Å². The number of nitrogens with zero attached hydrogens (tertiary/aromatic N) is 5. The molecule has 0 aliphatic carbocycles. The Hall–Kier alpha value is -3.64. The minimum absolute atomic E-state index is 0.0570. The molecule has 12 heteroatoms. The second-order valence-corrected chi connectivity index (χ2v) is 8.20. The topological polar surface area (TPSA) is 144 Å². The van der Waals surface area contributed by atoms with Gasteiger partial charge in [-0.15, -0.1) is 0 Å². The summed E-state index contributed by atoms with van der Waals surface area (Å²) in [5.74, 6) is -0.227. The monoisotopic (exact) mass is 472 g/mol. The molecule has 3 aromatic rings. The van der Waals surface area contributed by atoms with Crippen LogP contribution >= 0.6 is 0 Å². The maximum absolute atomic E-state index is 13.0. The number of morpholine rings is 1. The fourth-order valence-electron chi connectivity index (χ4n) is 4.01. The molecular weight excluding hydrogens is 444 g/mol. The molecule has 0 saturated carbocycles. The predicted molar refractivity (Wildman–Crippen MR) is 125 cm³/mol. The van der Waals surface area contributed by atoms with Gasteiger partial charge in [-0.2, -0.15) is 4.98 Å². The van der Waals surface area contributed by atoms with Crippen molar-refractivity contribution in [1.29, 1.82) is 0 Å². The number of hydrogen-bond acceptors (Lipinski definition) is 9. The minimum atomic E-state index is -0.434. The molecule has 1 aliphatic heterocycles. The lowest BCUT2D eigenvalue weighted by Gasteiger charge is -2.28. The first kappa shape index (κ1) is 23.5. The number of carbonyl (C=O) groups is 1. The number of fused-ring (bicyclic) bond motifs is 1. The Bertz CT molecular complexity index is 1330. The van der Waals surface area contributed by atoms with Crippen LogP contribution in [0.25, 0.3) is 11.2 Å². The van der Waals surface area contributed by atoms with Crippen molar-refractivity contribution in [3.8, 4) is 11.5 Å². The molecule has 12 nitrogen and oxygen atoms in total. The zero-order valence-electron chi connectivity index (χ0n) is 19.2. The average molecular weight is 473 g/mol. The van der Waals surface area contributed by atoms with Gasteiger partial charge >= 0.3 is 5.69 Å². The highest BCUT2D eigenvalue weighted by atomic mass is 16.5. The first-order valence-corrected chi connectivity index (χ1v) is 11.0. The Labute approximate surface area is 194 Å². The molecule has 1 aliphatic rings. The van der Waals surface area contributed by atoms with Crippen LogP contribution in [0, 0.1) is 0 Å². The number of aromatic hydroxyl groups is 2. The molecule has 0 unspecified atom stereocenters. The molecule has 1 saturated heterocycles. The number of carbonyl (C=O) groups excluding carboxylic acids is 1. The molecule has 1 fully saturated rings. The average Bonchev–Trinajstić information content (AvgIpc) is 3.23. The lowest BCUT2D eigenvalue weighted by atomic mass is 10.1. The van der Waals surface area contributed by atoms with Crippen LogP contribution in [0.5, 0.6) is 11.5 Å². The quantitative estimate of drug-likeness (QED) is 0.225. The number of Topliss-reactive ketones (excluding diaryl/α,β-unsaturated/α-hetero) is 1. The second-order valence-electron chi connectivity index (χ2n) is 8.20. The lowest BCUT2D eigenvalue weighted by Crippen LogP contribution is -2.39. The summed E-state index contributed by atoms with van der Waals surface area (Å²) >= 11 is 0. The third-order valence-corrected chi connectivity index (χ3v) is 5.94. The highest BCUT2D eigenvalue weighted by Gasteiger charge is 2.23. The van der Waals surface area contributed by atoms with Gasteiger partial charge in [-0.3, -0.25) is 18.7 Å². The summed E-state index contributed by atoms with van der Waals surface area (Å²) in [4.78, 5) is 44.4. The molecule has 182 valence electrons. The van der Waals surface area contributed by atoms with E-state index < -0.39 is 11.2 Å². The SMILES string of the molecule is Cn1c(=O)c2c(nc(N3CCOCC3)n2CCCNCC(=O)c2ccc(O)c(O)c2)n(C)c1=O. The number of imidazole rings is 1. The van der Waals surface area contributed by atoms with Crippen LogP contribution in [0.3, 0.4) is 0 Å². The van der Waals surface area contributed by atoms with Gasteiger partial charge in [-0.1, -0.05) is 0 Å². The number of anilines is 1. The van der Waals surface area contributed by atoms with E-state index >= 15 is 0 Å². The largest absolute Gasteiger partial charge is 0.504 e. The van der Waals surface area contributed by atoms with Crippen molar-refractivity contribution in [2.75, 3.05) is 44.3 Å². The summed E-state index contributed by atoms with van der Waals surface area (Å²) < 4.78 is 9.73. The Kier molecular flexibility index (Phi) is 6.70. The van der Waals surface area contributed by atoms with Gasteiger partial charge in [0, 0.05) is 39.3 Å². The Balaban J connectivity index is 1.50. The van der Waals surface area contributed by atoms with Gasteiger partial charge < -0.3 is 29.7 Å². The Morgan fingerprint density at radius 1 is 1.12 bits per heavy atom. The van der Waals surface area contributed by atoms with Crippen LogP contribution < -0.4 is 21.5 Å². The van der Waals surface area contributed by atoms with E-state index in [4.69, 9.17) is 4.74 Å². The number of hydrogen-bond donors (Lipinski definition) is 3. The molecule has 0 spiro atoms. The number of phenols is 2. The van der Waals surface area contributed by atoms with Crippen LogP contribution in [0.1, 0.15) is 16.8 Å². The molecule has 3 heterocycles. The van der Waals surface area contributed by atoms with Crippen molar-refractivity contribution >= 4 is 22.9 Å². The van der Waals surface area contributed by atoms with E-state index in [2.05, 4.69) is 10.3 Å². The standard InChI is InChI=1S/C22H28N6O6/c1-25-19-18(20(32)26(2)22(25)33)28(21(24-19)27-8-10-34-11-9-27)7-3-6-23-13-17(31)14-4-5-15(29)16(30)12-14/h4-5,12,23,29-30H,3,6-11,13H2,1-2H3. The Morgan fingerprint density at radius 3 is 2.56 bits per heavy atom. The smallest absolute Gasteiger partial charge is 0.332 e. The van der Waals surface area contributed by atoms with Gasteiger partial charge in [0.2, 0.25) is 5.95 Å². The lowest BCUT2D eigenvalue weighted by molar-refractivity contribution is 0.0990. The maximum Gasteiger partial charge on any atom is 0.332 e. The number of ketones is 1. The zero-order chi connectivity index (χ0) is 24.4. The van der Waals surface area contributed by atoms with Crippen molar-refractivity contribution < 1.29 is 19.7 Å². The molecule has 0 atom stereocenters. The van der Waals surface area contributed by atoms with Gasteiger partial charge in [0.05, 0.1) is 19.8 Å². The van der Waals surface area contributed by atoms with E-state index in [9.17, 15) is 24.6 Å². The number of aromatic nitrogens is 4. The minimum Gasteiger partial charge on any atom is -0.504 e. The van der Waals surface area contributed by atoms with Gasteiger partial charge in [-0.05, 0) is 31.2 Å². The van der Waals surface area contributed by atoms with Crippen molar-refractivity contribution in [2.24, 2.45) is 14.1 Å². The number of benzene rings is 1.